The minimum absolute atomic E-state index is 0.861. The number of benzene rings is 8. The molecule has 0 amide bonds. The predicted octanol–water partition coefficient (Wildman–Crippen LogP) is 12.3. The maximum absolute atomic E-state index is 6.64. The Morgan fingerprint density at radius 1 is 0.511 bits per heavy atom. The van der Waals surface area contributed by atoms with Gasteiger partial charge in [0.25, 0.3) is 0 Å². The third-order valence-corrected chi connectivity index (χ3v) is 9.44. The van der Waals surface area contributed by atoms with Gasteiger partial charge in [0, 0.05) is 43.7 Å². The Balaban J connectivity index is 1.40. The number of para-hydroxylation sites is 4. The highest BCUT2D eigenvalue weighted by atomic mass is 16.3. The van der Waals surface area contributed by atoms with Crippen molar-refractivity contribution in [1.82, 2.24) is 4.57 Å². The van der Waals surface area contributed by atoms with Gasteiger partial charge >= 0.3 is 0 Å². The quantitative estimate of drug-likeness (QED) is 0.201. The van der Waals surface area contributed by atoms with Crippen molar-refractivity contribution in [2.24, 2.45) is 0 Å². The number of aromatic nitrogens is 1. The van der Waals surface area contributed by atoms with E-state index in [-0.39, 0.29) is 0 Å². The van der Waals surface area contributed by atoms with Gasteiger partial charge in [0.1, 0.15) is 5.58 Å². The summed E-state index contributed by atoms with van der Waals surface area (Å²) in [6.07, 6.45) is 0. The monoisotopic (exact) mass is 599 g/mol. The van der Waals surface area contributed by atoms with Crippen LogP contribution in [-0.4, -0.2) is 4.57 Å². The van der Waals surface area contributed by atoms with Crippen LogP contribution in [0.1, 0.15) is 0 Å². The third kappa shape index (κ3) is 3.81. The zero-order valence-electron chi connectivity index (χ0n) is 25.4. The Labute approximate surface area is 271 Å². The fraction of sp³-hybridized carbons (Fsp3) is 0. The molecule has 0 saturated heterocycles. The van der Waals surface area contributed by atoms with Crippen LogP contribution >= 0.6 is 0 Å². The molecule has 0 aliphatic heterocycles. The summed E-state index contributed by atoms with van der Waals surface area (Å²) in [5.41, 5.74) is 8.27. The first-order valence-electron chi connectivity index (χ1n) is 16.0. The fourth-order valence-electron chi connectivity index (χ4n) is 7.47. The van der Waals surface area contributed by atoms with Gasteiger partial charge in [-0.2, -0.15) is 0 Å². The van der Waals surface area contributed by atoms with Crippen molar-refractivity contribution < 1.29 is 4.42 Å². The average Bonchev–Trinajstić information content (AvgIpc) is 3.69. The van der Waals surface area contributed by atoms with E-state index in [4.69, 9.17) is 4.42 Å². The molecule has 0 saturated carbocycles. The Hall–Kier alpha value is -6.32. The molecule has 0 aliphatic rings. The molecule has 8 aromatic carbocycles. The summed E-state index contributed by atoms with van der Waals surface area (Å²) in [7, 11) is 0. The normalized spacial score (nSPS) is 11.8. The summed E-state index contributed by atoms with van der Waals surface area (Å²) in [6, 6.07) is 61.7. The molecule has 0 fully saturated rings. The SMILES string of the molecule is [c]1cccc2c(N(c3ccccc3)c3cccc4c3oc3ccccc34)cc3c(c12)c1c2ccccc2ccc1n3-c1ccccc1. The summed E-state index contributed by atoms with van der Waals surface area (Å²) in [5.74, 6) is 0. The topological polar surface area (TPSA) is 21.3 Å². The van der Waals surface area contributed by atoms with Gasteiger partial charge in [-0.1, -0.05) is 115 Å². The summed E-state index contributed by atoms with van der Waals surface area (Å²) in [4.78, 5) is 2.35. The van der Waals surface area contributed by atoms with E-state index in [2.05, 4.69) is 161 Å². The molecule has 0 bridgehead atoms. The zero-order valence-corrected chi connectivity index (χ0v) is 25.4. The Bertz CT molecular complexity index is 2790. The van der Waals surface area contributed by atoms with E-state index in [9.17, 15) is 0 Å². The summed E-state index contributed by atoms with van der Waals surface area (Å²) >= 11 is 0. The van der Waals surface area contributed by atoms with Gasteiger partial charge in [-0.05, 0) is 65.4 Å². The molecule has 47 heavy (non-hydrogen) atoms. The molecule has 0 aliphatic carbocycles. The lowest BCUT2D eigenvalue weighted by molar-refractivity contribution is 0.669. The summed E-state index contributed by atoms with van der Waals surface area (Å²) < 4.78 is 9.05. The van der Waals surface area contributed by atoms with Crippen LogP contribution in [0.2, 0.25) is 0 Å². The van der Waals surface area contributed by atoms with Crippen LogP contribution in [0.25, 0.3) is 71.0 Å². The molecule has 10 rings (SSSR count). The first-order valence-corrected chi connectivity index (χ1v) is 16.0. The van der Waals surface area contributed by atoms with E-state index in [0.29, 0.717) is 0 Å². The molecule has 0 atom stereocenters. The van der Waals surface area contributed by atoms with Gasteiger partial charge in [-0.15, -0.1) is 0 Å². The van der Waals surface area contributed by atoms with E-state index in [1.807, 2.05) is 18.2 Å². The van der Waals surface area contributed by atoms with Gasteiger partial charge in [0.05, 0.1) is 22.4 Å². The Morgan fingerprint density at radius 2 is 1.23 bits per heavy atom. The van der Waals surface area contributed by atoms with E-state index < -0.39 is 0 Å². The van der Waals surface area contributed by atoms with Crippen molar-refractivity contribution in [3.8, 4) is 5.69 Å². The lowest BCUT2D eigenvalue weighted by Gasteiger charge is -2.27. The lowest BCUT2D eigenvalue weighted by Crippen LogP contribution is -2.11. The smallest absolute Gasteiger partial charge is 0.159 e. The van der Waals surface area contributed by atoms with Crippen molar-refractivity contribution in [2.45, 2.75) is 0 Å². The minimum atomic E-state index is 0.861. The highest BCUT2D eigenvalue weighted by Crippen LogP contribution is 2.48. The standard InChI is InChI=1S/C44H27N2O/c1-3-15-30(16-4-1)45-37-27-26-29-14-7-8-19-32(29)42(37)43-35-22-10-9-20-33(35)39(28-40(43)45)46(31-17-5-2-6-18-31)38-24-13-23-36-34-21-11-12-25-41(34)47-44(36)38/h1-21,23-28H. The molecular formula is C44H27N2O. The lowest BCUT2D eigenvalue weighted by atomic mass is 9.98. The number of rotatable bonds is 4. The number of anilines is 3. The van der Waals surface area contributed by atoms with Crippen LogP contribution in [0.15, 0.2) is 168 Å². The van der Waals surface area contributed by atoms with Gasteiger partial charge in [0.15, 0.2) is 5.58 Å². The van der Waals surface area contributed by atoms with Crippen LogP contribution in [-0.2, 0) is 0 Å². The molecule has 3 heteroatoms. The number of furan rings is 1. The molecule has 1 radical (unpaired) electrons. The first-order chi connectivity index (χ1) is 23.3. The average molecular weight is 600 g/mol. The van der Waals surface area contributed by atoms with E-state index in [1.54, 1.807) is 0 Å². The maximum atomic E-state index is 6.64. The Kier molecular flexibility index (Phi) is 5.57. The van der Waals surface area contributed by atoms with Gasteiger partial charge < -0.3 is 13.9 Å². The summed E-state index contributed by atoms with van der Waals surface area (Å²) in [5, 5.41) is 9.33. The fourth-order valence-corrected chi connectivity index (χ4v) is 7.47. The minimum Gasteiger partial charge on any atom is -0.454 e. The molecular weight excluding hydrogens is 572 g/mol. The molecule has 219 valence electrons. The second kappa shape index (κ2) is 10.1. The van der Waals surface area contributed by atoms with E-state index >= 15 is 0 Å². The second-order valence-corrected chi connectivity index (χ2v) is 12.0. The number of nitrogens with zero attached hydrogens (tertiary/aromatic N) is 2. The second-order valence-electron chi connectivity index (χ2n) is 12.0. The molecule has 0 unspecified atom stereocenters. The van der Waals surface area contributed by atoms with Crippen molar-refractivity contribution in [2.75, 3.05) is 4.90 Å². The van der Waals surface area contributed by atoms with Crippen LogP contribution in [0.3, 0.4) is 0 Å². The van der Waals surface area contributed by atoms with Crippen LogP contribution in [0, 0.1) is 6.07 Å². The molecule has 2 aromatic heterocycles. The van der Waals surface area contributed by atoms with Gasteiger partial charge in [-0.3, -0.25) is 0 Å². The molecule has 0 spiro atoms. The molecule has 0 N–H and O–H groups in total. The highest BCUT2D eigenvalue weighted by molar-refractivity contribution is 6.30. The highest BCUT2D eigenvalue weighted by Gasteiger charge is 2.25. The van der Waals surface area contributed by atoms with Crippen molar-refractivity contribution >= 4 is 82.4 Å². The Morgan fingerprint density at radius 3 is 2.11 bits per heavy atom. The number of fused-ring (bicyclic) bond motifs is 10. The van der Waals surface area contributed by atoms with Crippen LogP contribution in [0.5, 0.6) is 0 Å². The first kappa shape index (κ1) is 26.0. The zero-order chi connectivity index (χ0) is 30.9. The van der Waals surface area contributed by atoms with Gasteiger partial charge in [-0.25, -0.2) is 0 Å². The number of hydrogen-bond donors (Lipinski definition) is 0. The van der Waals surface area contributed by atoms with E-state index in [1.165, 1.54) is 27.1 Å². The van der Waals surface area contributed by atoms with Gasteiger partial charge in [0.2, 0.25) is 0 Å². The molecule has 2 heterocycles. The summed E-state index contributed by atoms with van der Waals surface area (Å²) in [6.45, 7) is 0. The van der Waals surface area contributed by atoms with E-state index in [0.717, 1.165) is 61.0 Å². The van der Waals surface area contributed by atoms with Crippen molar-refractivity contribution in [3.63, 3.8) is 0 Å². The third-order valence-electron chi connectivity index (χ3n) is 9.44. The van der Waals surface area contributed by atoms with Crippen molar-refractivity contribution in [3.05, 3.63) is 170 Å². The molecule has 3 nitrogen and oxygen atoms in total. The van der Waals surface area contributed by atoms with Crippen LogP contribution < -0.4 is 4.90 Å². The number of hydrogen-bond acceptors (Lipinski definition) is 2. The largest absolute Gasteiger partial charge is 0.454 e. The predicted molar refractivity (Wildman–Crippen MR) is 197 cm³/mol. The van der Waals surface area contributed by atoms with Crippen molar-refractivity contribution in [1.29, 1.82) is 0 Å². The van der Waals surface area contributed by atoms with Crippen LogP contribution in [0.4, 0.5) is 17.1 Å². The maximum Gasteiger partial charge on any atom is 0.159 e. The molecule has 10 aromatic rings.